The van der Waals surface area contributed by atoms with Gasteiger partial charge in [0, 0.05) is 23.0 Å². The van der Waals surface area contributed by atoms with Crippen molar-refractivity contribution in [3.63, 3.8) is 0 Å². The summed E-state index contributed by atoms with van der Waals surface area (Å²) in [5.41, 5.74) is 2.09. The molecule has 0 unspecified atom stereocenters. The first-order valence-corrected chi connectivity index (χ1v) is 6.50. The second-order valence-corrected chi connectivity index (χ2v) is 4.54. The highest BCUT2D eigenvalue weighted by Crippen LogP contribution is 2.29. The van der Waals surface area contributed by atoms with Gasteiger partial charge in [0.2, 0.25) is 11.2 Å². The molecule has 8 nitrogen and oxygen atoms in total. The van der Waals surface area contributed by atoms with E-state index in [2.05, 4.69) is 25.4 Å². The summed E-state index contributed by atoms with van der Waals surface area (Å²) in [7, 11) is 0. The monoisotopic (exact) mass is 316 g/mol. The first-order valence-electron chi connectivity index (χ1n) is 6.12. The lowest BCUT2D eigenvalue weighted by Gasteiger charge is -2.09. The SMILES string of the molecule is O=C(O)n1cc(-c2ccccc2Nc2ncnc(Cl)n2)cn1. The van der Waals surface area contributed by atoms with Gasteiger partial charge in [0.15, 0.2) is 0 Å². The molecule has 0 atom stereocenters. The van der Waals surface area contributed by atoms with E-state index in [9.17, 15) is 4.79 Å². The number of aromatic nitrogens is 5. The molecule has 0 aliphatic heterocycles. The second kappa shape index (κ2) is 5.78. The summed E-state index contributed by atoms with van der Waals surface area (Å²) in [6.45, 7) is 0. The summed E-state index contributed by atoms with van der Waals surface area (Å²) in [6, 6.07) is 7.30. The van der Waals surface area contributed by atoms with E-state index >= 15 is 0 Å². The van der Waals surface area contributed by atoms with E-state index < -0.39 is 6.09 Å². The van der Waals surface area contributed by atoms with Crippen LogP contribution < -0.4 is 5.32 Å². The van der Waals surface area contributed by atoms with Crippen LogP contribution in [0.1, 0.15) is 0 Å². The number of hydrogen-bond acceptors (Lipinski definition) is 6. The molecule has 2 aromatic heterocycles. The van der Waals surface area contributed by atoms with Crippen LogP contribution in [-0.4, -0.2) is 35.9 Å². The van der Waals surface area contributed by atoms with Crippen LogP contribution in [0.25, 0.3) is 11.1 Å². The standard InChI is InChI=1S/C13H9ClN6O2/c14-11-15-7-16-12(19-11)18-10-4-2-1-3-9(10)8-5-17-20(6-8)13(21)22/h1-7H,(H,21,22)(H,15,16,18,19). The smallest absolute Gasteiger partial charge is 0.432 e. The molecule has 0 fully saturated rings. The Balaban J connectivity index is 1.97. The first kappa shape index (κ1) is 14.0. The largest absolute Gasteiger partial charge is 0.463 e. The summed E-state index contributed by atoms with van der Waals surface area (Å²) < 4.78 is 0.839. The molecule has 2 heterocycles. The number of benzene rings is 1. The molecule has 2 N–H and O–H groups in total. The highest BCUT2D eigenvalue weighted by atomic mass is 35.5. The molecule has 9 heteroatoms. The van der Waals surface area contributed by atoms with Crippen LogP contribution in [-0.2, 0) is 0 Å². The van der Waals surface area contributed by atoms with E-state index in [0.29, 0.717) is 11.3 Å². The summed E-state index contributed by atoms with van der Waals surface area (Å²) in [4.78, 5) is 22.5. The van der Waals surface area contributed by atoms with Gasteiger partial charge >= 0.3 is 6.09 Å². The maximum atomic E-state index is 10.9. The predicted octanol–water partition coefficient (Wildman–Crippen LogP) is 2.66. The molecule has 3 aromatic rings. The number of rotatable bonds is 3. The number of nitrogens with one attached hydrogen (secondary N) is 1. The van der Waals surface area contributed by atoms with Crippen molar-refractivity contribution in [3.8, 4) is 11.1 Å². The van der Waals surface area contributed by atoms with Crippen molar-refractivity contribution in [1.29, 1.82) is 0 Å². The topological polar surface area (TPSA) is 106 Å². The zero-order valence-corrected chi connectivity index (χ0v) is 11.8. The van der Waals surface area contributed by atoms with Crippen molar-refractivity contribution in [2.75, 3.05) is 5.32 Å². The Morgan fingerprint density at radius 3 is 2.82 bits per heavy atom. The molecule has 0 aliphatic carbocycles. The first-order chi connectivity index (χ1) is 10.6. The maximum absolute atomic E-state index is 10.9. The van der Waals surface area contributed by atoms with Gasteiger partial charge in [-0.25, -0.2) is 14.8 Å². The molecular formula is C13H9ClN6O2. The zero-order chi connectivity index (χ0) is 15.5. The number of hydrogen-bond donors (Lipinski definition) is 2. The van der Waals surface area contributed by atoms with Crippen molar-refractivity contribution >= 4 is 29.3 Å². The molecule has 0 aliphatic rings. The van der Waals surface area contributed by atoms with Gasteiger partial charge in [-0.2, -0.15) is 14.8 Å². The molecule has 1 aromatic carbocycles. The average Bonchev–Trinajstić information content (AvgIpc) is 2.98. The molecule has 22 heavy (non-hydrogen) atoms. The molecule has 0 spiro atoms. The number of carbonyl (C=O) groups is 1. The summed E-state index contributed by atoms with van der Waals surface area (Å²) in [5.74, 6) is 0.290. The fourth-order valence-electron chi connectivity index (χ4n) is 1.87. The van der Waals surface area contributed by atoms with Crippen LogP contribution in [0.15, 0.2) is 43.0 Å². The minimum Gasteiger partial charge on any atom is -0.463 e. The summed E-state index contributed by atoms with van der Waals surface area (Å²) in [6.07, 6.45) is 3.03. The normalized spacial score (nSPS) is 10.4. The van der Waals surface area contributed by atoms with Crippen LogP contribution in [0.3, 0.4) is 0 Å². The zero-order valence-electron chi connectivity index (χ0n) is 11.0. The van der Waals surface area contributed by atoms with Crippen molar-refractivity contribution in [3.05, 3.63) is 48.3 Å². The van der Waals surface area contributed by atoms with E-state index in [1.807, 2.05) is 24.3 Å². The average molecular weight is 317 g/mol. The van der Waals surface area contributed by atoms with Gasteiger partial charge in [-0.1, -0.05) is 18.2 Å². The van der Waals surface area contributed by atoms with E-state index in [1.165, 1.54) is 18.7 Å². The highest BCUT2D eigenvalue weighted by Gasteiger charge is 2.11. The van der Waals surface area contributed by atoms with Crippen molar-refractivity contribution in [2.24, 2.45) is 0 Å². The van der Waals surface area contributed by atoms with Crippen LogP contribution in [0.4, 0.5) is 16.4 Å². The van der Waals surface area contributed by atoms with Gasteiger partial charge in [0.25, 0.3) is 0 Å². The molecule has 0 saturated heterocycles. The second-order valence-electron chi connectivity index (χ2n) is 4.20. The molecule has 110 valence electrons. The number of para-hydroxylation sites is 1. The summed E-state index contributed by atoms with van der Waals surface area (Å²) in [5, 5.41) is 15.8. The van der Waals surface area contributed by atoms with Gasteiger partial charge in [-0.05, 0) is 17.7 Å². The van der Waals surface area contributed by atoms with Gasteiger partial charge in [0.05, 0.1) is 6.20 Å². The maximum Gasteiger partial charge on any atom is 0.432 e. The number of nitrogens with zero attached hydrogens (tertiary/aromatic N) is 5. The van der Waals surface area contributed by atoms with E-state index in [4.69, 9.17) is 16.7 Å². The number of carboxylic acid groups (broad SMARTS) is 1. The van der Waals surface area contributed by atoms with Crippen LogP contribution in [0.5, 0.6) is 0 Å². The minimum absolute atomic E-state index is 0.0775. The van der Waals surface area contributed by atoms with Crippen LogP contribution in [0, 0.1) is 0 Å². The fraction of sp³-hybridized carbons (Fsp3) is 0. The molecular weight excluding hydrogens is 308 g/mol. The summed E-state index contributed by atoms with van der Waals surface area (Å²) >= 11 is 5.73. The Hall–Kier alpha value is -3.00. The molecule has 3 rings (SSSR count). The fourth-order valence-corrected chi connectivity index (χ4v) is 1.99. The Kier molecular flexibility index (Phi) is 3.67. The van der Waals surface area contributed by atoms with Crippen LogP contribution in [0.2, 0.25) is 5.28 Å². The van der Waals surface area contributed by atoms with Crippen LogP contribution >= 0.6 is 11.6 Å². The number of halogens is 1. The van der Waals surface area contributed by atoms with Gasteiger partial charge < -0.3 is 10.4 Å². The lowest BCUT2D eigenvalue weighted by Crippen LogP contribution is -2.07. The molecule has 0 radical (unpaired) electrons. The quantitative estimate of drug-likeness (QED) is 0.765. The lowest BCUT2D eigenvalue weighted by atomic mass is 10.1. The minimum atomic E-state index is -1.15. The van der Waals surface area contributed by atoms with E-state index in [0.717, 1.165) is 10.2 Å². The molecule has 0 amide bonds. The van der Waals surface area contributed by atoms with E-state index in [-0.39, 0.29) is 11.2 Å². The Labute approximate surface area is 129 Å². The van der Waals surface area contributed by atoms with Gasteiger partial charge in [-0.15, -0.1) is 0 Å². The van der Waals surface area contributed by atoms with E-state index in [1.54, 1.807) is 0 Å². The third kappa shape index (κ3) is 2.86. The third-order valence-electron chi connectivity index (χ3n) is 2.81. The van der Waals surface area contributed by atoms with Gasteiger partial charge in [-0.3, -0.25) is 0 Å². The Bertz CT molecular complexity index is 835. The third-order valence-corrected chi connectivity index (χ3v) is 2.99. The Morgan fingerprint density at radius 1 is 1.27 bits per heavy atom. The number of anilines is 2. The molecule has 0 saturated carbocycles. The van der Waals surface area contributed by atoms with Gasteiger partial charge in [0.1, 0.15) is 6.33 Å². The van der Waals surface area contributed by atoms with Crippen molar-refractivity contribution in [1.82, 2.24) is 24.7 Å². The van der Waals surface area contributed by atoms with Crippen molar-refractivity contribution < 1.29 is 9.90 Å². The Morgan fingerprint density at radius 2 is 2.09 bits per heavy atom. The highest BCUT2D eigenvalue weighted by molar-refractivity contribution is 6.28. The van der Waals surface area contributed by atoms with Crippen molar-refractivity contribution in [2.45, 2.75) is 0 Å². The predicted molar refractivity (Wildman–Crippen MR) is 79.2 cm³/mol. The lowest BCUT2D eigenvalue weighted by molar-refractivity contribution is 0.192. The molecule has 0 bridgehead atoms.